The molecule has 0 saturated carbocycles. The first-order valence-corrected chi connectivity index (χ1v) is 13.2. The monoisotopic (exact) mass is 487 g/mol. The van der Waals surface area contributed by atoms with E-state index in [2.05, 4.69) is 40.5 Å². The first-order valence-electron chi connectivity index (χ1n) is 12.8. The number of hydrogen-bond acceptors (Lipinski definition) is 2. The molecule has 2 aliphatic rings. The minimum atomic E-state index is -0.108. The SMILES string of the molecule is O=C(Nc1ccc(Cl)cc1)N(CCCN1C2CC[C@@H]1CC(Cc1ccccc1)C2)c1ccccc1. The van der Waals surface area contributed by atoms with Crippen LogP contribution in [-0.2, 0) is 6.42 Å². The zero-order chi connectivity index (χ0) is 24.0. The van der Waals surface area contributed by atoms with Crippen LogP contribution in [0.2, 0.25) is 5.02 Å². The lowest BCUT2D eigenvalue weighted by molar-refractivity contribution is 0.103. The Morgan fingerprint density at radius 1 is 0.886 bits per heavy atom. The quantitative estimate of drug-likeness (QED) is 0.363. The van der Waals surface area contributed by atoms with Gasteiger partial charge in [0.05, 0.1) is 0 Å². The smallest absolute Gasteiger partial charge is 0.308 e. The summed E-state index contributed by atoms with van der Waals surface area (Å²) in [5.74, 6) is 0.789. The van der Waals surface area contributed by atoms with Crippen molar-refractivity contribution in [1.82, 2.24) is 4.90 Å². The van der Waals surface area contributed by atoms with Gasteiger partial charge in [0.2, 0.25) is 0 Å². The predicted molar refractivity (Wildman–Crippen MR) is 145 cm³/mol. The number of nitrogens with zero attached hydrogens (tertiary/aromatic N) is 2. The van der Waals surface area contributed by atoms with E-state index in [0.29, 0.717) is 23.7 Å². The molecule has 5 rings (SSSR count). The Hall–Kier alpha value is -2.82. The van der Waals surface area contributed by atoms with Gasteiger partial charge in [-0.2, -0.15) is 0 Å². The van der Waals surface area contributed by atoms with E-state index in [4.69, 9.17) is 11.6 Å². The van der Waals surface area contributed by atoms with Gasteiger partial charge >= 0.3 is 6.03 Å². The van der Waals surface area contributed by atoms with Gasteiger partial charge in [0.25, 0.3) is 0 Å². The number of urea groups is 1. The number of carbonyl (C=O) groups is 1. The summed E-state index contributed by atoms with van der Waals surface area (Å²) in [5.41, 5.74) is 3.14. The number of carbonyl (C=O) groups excluding carboxylic acids is 1. The second-order valence-corrected chi connectivity index (χ2v) is 10.4. The molecular formula is C30H34ClN3O. The number of anilines is 2. The highest BCUT2D eigenvalue weighted by Gasteiger charge is 2.40. The average molecular weight is 488 g/mol. The summed E-state index contributed by atoms with van der Waals surface area (Å²) in [7, 11) is 0. The molecule has 2 bridgehead atoms. The number of benzene rings is 3. The number of halogens is 1. The van der Waals surface area contributed by atoms with Gasteiger partial charge in [-0.3, -0.25) is 9.80 Å². The Morgan fingerprint density at radius 2 is 1.51 bits per heavy atom. The van der Waals surface area contributed by atoms with Gasteiger partial charge in [-0.05, 0) is 86.4 Å². The first kappa shape index (κ1) is 23.9. The van der Waals surface area contributed by atoms with Gasteiger partial charge < -0.3 is 5.32 Å². The molecule has 0 spiro atoms. The average Bonchev–Trinajstić information content (AvgIpc) is 3.11. The molecule has 3 atom stereocenters. The fourth-order valence-corrected chi connectivity index (χ4v) is 6.08. The van der Waals surface area contributed by atoms with Gasteiger partial charge in [0.1, 0.15) is 0 Å². The van der Waals surface area contributed by atoms with Gasteiger partial charge in [-0.15, -0.1) is 0 Å². The van der Waals surface area contributed by atoms with E-state index in [1.807, 2.05) is 47.4 Å². The summed E-state index contributed by atoms with van der Waals surface area (Å²) >= 11 is 6.00. The molecule has 182 valence electrons. The highest BCUT2D eigenvalue weighted by atomic mass is 35.5. The molecule has 2 fully saturated rings. The standard InChI is InChI=1S/C30H34ClN3O/c31-25-12-14-26(15-13-25)32-30(35)34(27-10-5-2-6-11-27)19-7-18-33-28-16-17-29(33)22-24(21-28)20-23-8-3-1-4-9-23/h1-6,8-15,24,28-29H,7,16-22H2,(H,32,35)/t24?,28-,29?/m1/s1. The van der Waals surface area contributed by atoms with E-state index in [1.165, 1.54) is 37.7 Å². The second-order valence-electron chi connectivity index (χ2n) is 9.93. The maximum absolute atomic E-state index is 13.2. The third kappa shape index (κ3) is 6.06. The van der Waals surface area contributed by atoms with Crippen molar-refractivity contribution in [1.29, 1.82) is 0 Å². The number of hydrogen-bond donors (Lipinski definition) is 1. The van der Waals surface area contributed by atoms with Crippen molar-refractivity contribution in [3.63, 3.8) is 0 Å². The summed E-state index contributed by atoms with van der Waals surface area (Å²) in [6.07, 6.45) is 7.38. The molecule has 35 heavy (non-hydrogen) atoms. The minimum absolute atomic E-state index is 0.108. The highest BCUT2D eigenvalue weighted by molar-refractivity contribution is 6.30. The van der Waals surface area contributed by atoms with Crippen LogP contribution in [0, 0.1) is 5.92 Å². The molecule has 0 radical (unpaired) electrons. The Kier molecular flexibility index (Phi) is 7.70. The normalized spacial score (nSPS) is 21.6. The fraction of sp³-hybridized carbons (Fsp3) is 0.367. The molecule has 5 heteroatoms. The zero-order valence-corrected chi connectivity index (χ0v) is 20.9. The van der Waals surface area contributed by atoms with Crippen LogP contribution in [0.3, 0.4) is 0 Å². The fourth-order valence-electron chi connectivity index (χ4n) is 5.96. The Bertz CT molecular complexity index is 1080. The van der Waals surface area contributed by atoms with Gasteiger partial charge in [0, 0.05) is 41.6 Å². The van der Waals surface area contributed by atoms with Crippen LogP contribution in [0.4, 0.5) is 16.2 Å². The van der Waals surface area contributed by atoms with Crippen molar-refractivity contribution in [3.8, 4) is 0 Å². The molecule has 4 nitrogen and oxygen atoms in total. The van der Waals surface area contributed by atoms with Gasteiger partial charge in [0.15, 0.2) is 0 Å². The van der Waals surface area contributed by atoms with Crippen molar-refractivity contribution in [2.75, 3.05) is 23.3 Å². The van der Waals surface area contributed by atoms with Crippen LogP contribution in [0.1, 0.15) is 37.7 Å². The number of piperidine rings is 1. The zero-order valence-electron chi connectivity index (χ0n) is 20.2. The van der Waals surface area contributed by atoms with Gasteiger partial charge in [-0.25, -0.2) is 4.79 Å². The number of fused-ring (bicyclic) bond motifs is 2. The summed E-state index contributed by atoms with van der Waals surface area (Å²) < 4.78 is 0. The van der Waals surface area contributed by atoms with Crippen LogP contribution in [-0.4, -0.2) is 36.1 Å². The van der Waals surface area contributed by atoms with Crippen molar-refractivity contribution in [2.45, 2.75) is 50.6 Å². The second kappa shape index (κ2) is 11.3. The molecular weight excluding hydrogens is 454 g/mol. The van der Waals surface area contributed by atoms with Crippen molar-refractivity contribution >= 4 is 29.0 Å². The number of para-hydroxylation sites is 1. The molecule has 2 saturated heterocycles. The largest absolute Gasteiger partial charge is 0.326 e. The van der Waals surface area contributed by atoms with Crippen LogP contribution in [0.15, 0.2) is 84.9 Å². The van der Waals surface area contributed by atoms with Gasteiger partial charge in [-0.1, -0.05) is 60.1 Å². The number of nitrogens with one attached hydrogen (secondary N) is 1. The van der Waals surface area contributed by atoms with Crippen LogP contribution >= 0.6 is 11.6 Å². The van der Waals surface area contributed by atoms with Crippen molar-refractivity contribution < 1.29 is 4.79 Å². The Labute approximate surface area is 213 Å². The molecule has 3 aromatic rings. The maximum atomic E-state index is 13.2. The Morgan fingerprint density at radius 3 is 2.17 bits per heavy atom. The summed E-state index contributed by atoms with van der Waals surface area (Å²) in [6.45, 7) is 1.73. The van der Waals surface area contributed by atoms with Crippen molar-refractivity contribution in [3.05, 3.63) is 95.5 Å². The molecule has 2 amide bonds. The molecule has 0 aliphatic carbocycles. The highest BCUT2D eigenvalue weighted by Crippen LogP contribution is 2.40. The Balaban J connectivity index is 1.18. The van der Waals surface area contributed by atoms with Crippen LogP contribution < -0.4 is 10.2 Å². The summed E-state index contributed by atoms with van der Waals surface area (Å²) in [5, 5.41) is 3.69. The van der Waals surface area contributed by atoms with Crippen molar-refractivity contribution in [2.24, 2.45) is 5.92 Å². The van der Waals surface area contributed by atoms with E-state index in [0.717, 1.165) is 30.3 Å². The van der Waals surface area contributed by atoms with E-state index < -0.39 is 0 Å². The predicted octanol–water partition coefficient (Wildman–Crippen LogP) is 7.25. The first-order chi connectivity index (χ1) is 17.2. The third-order valence-electron chi connectivity index (χ3n) is 7.56. The summed E-state index contributed by atoms with van der Waals surface area (Å²) in [4.78, 5) is 17.8. The number of rotatable bonds is 8. The molecule has 2 heterocycles. The maximum Gasteiger partial charge on any atom is 0.326 e. The molecule has 2 unspecified atom stereocenters. The van der Waals surface area contributed by atoms with E-state index in [-0.39, 0.29) is 6.03 Å². The molecule has 0 aromatic heterocycles. The summed E-state index contributed by atoms with van der Waals surface area (Å²) in [6, 6.07) is 29.4. The topological polar surface area (TPSA) is 35.6 Å². The van der Waals surface area contributed by atoms with E-state index in [9.17, 15) is 4.79 Å². The van der Waals surface area contributed by atoms with E-state index in [1.54, 1.807) is 12.1 Å². The number of amides is 2. The van der Waals surface area contributed by atoms with Crippen LogP contribution in [0.5, 0.6) is 0 Å². The molecule has 1 N–H and O–H groups in total. The molecule has 3 aromatic carbocycles. The van der Waals surface area contributed by atoms with Crippen LogP contribution in [0.25, 0.3) is 0 Å². The lowest BCUT2D eigenvalue weighted by atomic mass is 9.85. The molecule has 2 aliphatic heterocycles. The lowest BCUT2D eigenvalue weighted by Crippen LogP contribution is -2.45. The minimum Gasteiger partial charge on any atom is -0.308 e. The van der Waals surface area contributed by atoms with E-state index >= 15 is 0 Å². The lowest BCUT2D eigenvalue weighted by Gasteiger charge is -2.39. The third-order valence-corrected chi connectivity index (χ3v) is 7.81.